The highest BCUT2D eigenvalue weighted by molar-refractivity contribution is 7.48. The number of rotatable bonds is 2. The molecular weight excluding hydrogens is 671 g/mol. The lowest BCUT2D eigenvalue weighted by atomic mass is 9.84. The average molecular weight is 701 g/mol. The van der Waals surface area contributed by atoms with Crippen LogP contribution in [0.4, 0.5) is 0 Å². The van der Waals surface area contributed by atoms with Gasteiger partial charge >= 0.3 is 7.82 Å². The van der Waals surface area contributed by atoms with E-state index in [1.165, 1.54) is 0 Å². The van der Waals surface area contributed by atoms with Gasteiger partial charge in [0.2, 0.25) is 0 Å². The van der Waals surface area contributed by atoms with Crippen molar-refractivity contribution in [3.05, 3.63) is 170 Å². The standard InChI is InChI=1S/C48H29O4P/c49-53(50)51-47-41(39-21-9-15-31-25-23-29-11-1-5-17-35(29)43(31)39)27-33-13-3-7-19-37(33)45(47)46-38-20-8-4-14-34(38)28-42(48(46)52-53)40-22-10-16-32-26-24-30-12-2-6-18-36(30)44(32)40/h1-28H,(H,49,50). The highest BCUT2D eigenvalue weighted by atomic mass is 31.2. The van der Waals surface area contributed by atoms with Crippen molar-refractivity contribution in [3.63, 3.8) is 0 Å². The number of fused-ring (bicyclic) bond motifs is 13. The molecule has 0 unspecified atom stereocenters. The zero-order valence-corrected chi connectivity index (χ0v) is 29.2. The molecule has 250 valence electrons. The van der Waals surface area contributed by atoms with Crippen molar-refractivity contribution in [2.45, 2.75) is 0 Å². The fraction of sp³-hybridized carbons (Fsp3) is 0. The summed E-state index contributed by atoms with van der Waals surface area (Å²) < 4.78 is 27.2. The number of hydrogen-bond donors (Lipinski definition) is 1. The SMILES string of the molecule is O=P1(O)Oc2c(-c3cccc4ccc5ccccc5c34)cc3ccccc3c2-c2c(c(-c3cccc4ccc5ccccc5c34)cc3ccccc23)O1. The Hall–Kier alpha value is -6.45. The first kappa shape index (κ1) is 30.2. The Kier molecular flexibility index (Phi) is 6.42. The van der Waals surface area contributed by atoms with E-state index in [2.05, 4.69) is 109 Å². The Morgan fingerprint density at radius 1 is 0.358 bits per heavy atom. The van der Waals surface area contributed by atoms with E-state index >= 15 is 0 Å². The van der Waals surface area contributed by atoms with Crippen LogP contribution in [0.3, 0.4) is 0 Å². The molecule has 0 bridgehead atoms. The minimum absolute atomic E-state index is 0.319. The average Bonchev–Trinajstić information content (AvgIpc) is 3.33. The molecule has 5 heteroatoms. The van der Waals surface area contributed by atoms with Crippen LogP contribution in [0.15, 0.2) is 170 Å². The van der Waals surface area contributed by atoms with Gasteiger partial charge in [-0.1, -0.05) is 158 Å². The van der Waals surface area contributed by atoms with Gasteiger partial charge in [-0.3, -0.25) is 4.89 Å². The van der Waals surface area contributed by atoms with Crippen LogP contribution in [0.1, 0.15) is 0 Å². The first-order valence-electron chi connectivity index (χ1n) is 17.7. The number of hydrogen-bond acceptors (Lipinski definition) is 3. The van der Waals surface area contributed by atoms with Crippen LogP contribution in [0.5, 0.6) is 11.5 Å². The molecule has 0 atom stereocenters. The van der Waals surface area contributed by atoms with Crippen LogP contribution in [0.2, 0.25) is 0 Å². The van der Waals surface area contributed by atoms with Crippen molar-refractivity contribution in [1.29, 1.82) is 0 Å². The second-order valence-corrected chi connectivity index (χ2v) is 15.0. The monoisotopic (exact) mass is 700 g/mol. The molecule has 0 amide bonds. The molecule has 0 aromatic heterocycles. The van der Waals surface area contributed by atoms with Gasteiger partial charge in [0.15, 0.2) is 0 Å². The maximum Gasteiger partial charge on any atom is 0.584 e. The predicted molar refractivity (Wildman–Crippen MR) is 219 cm³/mol. The van der Waals surface area contributed by atoms with Crippen LogP contribution >= 0.6 is 7.82 Å². The van der Waals surface area contributed by atoms with Crippen molar-refractivity contribution >= 4 is 72.5 Å². The summed E-state index contributed by atoms with van der Waals surface area (Å²) in [6.45, 7) is 0. The van der Waals surface area contributed by atoms with Crippen molar-refractivity contribution in [2.75, 3.05) is 0 Å². The molecule has 11 rings (SSSR count). The van der Waals surface area contributed by atoms with Crippen LogP contribution in [0.25, 0.3) is 98.0 Å². The molecule has 0 radical (unpaired) electrons. The topological polar surface area (TPSA) is 55.8 Å². The Labute approximate surface area is 304 Å². The molecule has 0 fully saturated rings. The van der Waals surface area contributed by atoms with E-state index in [9.17, 15) is 9.46 Å². The van der Waals surface area contributed by atoms with E-state index in [0.29, 0.717) is 11.5 Å². The molecule has 10 aromatic rings. The van der Waals surface area contributed by atoms with Gasteiger partial charge in [-0.25, -0.2) is 4.57 Å². The third kappa shape index (κ3) is 4.57. The van der Waals surface area contributed by atoms with Crippen LogP contribution in [0, 0.1) is 0 Å². The lowest BCUT2D eigenvalue weighted by Crippen LogP contribution is -2.00. The number of phosphoric ester groups is 1. The zero-order valence-electron chi connectivity index (χ0n) is 28.3. The molecular formula is C48H29O4P. The van der Waals surface area contributed by atoms with Crippen LogP contribution < -0.4 is 9.05 Å². The molecule has 53 heavy (non-hydrogen) atoms. The highest BCUT2D eigenvalue weighted by Gasteiger charge is 2.38. The van der Waals surface area contributed by atoms with Gasteiger partial charge in [0.05, 0.1) is 0 Å². The quantitative estimate of drug-likeness (QED) is 0.144. The van der Waals surface area contributed by atoms with Crippen LogP contribution in [-0.2, 0) is 4.57 Å². The van der Waals surface area contributed by atoms with E-state index in [1.807, 2.05) is 60.7 Å². The second kappa shape index (κ2) is 11.3. The molecule has 1 N–H and O–H groups in total. The van der Waals surface area contributed by atoms with E-state index < -0.39 is 7.82 Å². The van der Waals surface area contributed by atoms with Gasteiger partial charge in [-0.05, 0) is 87.9 Å². The molecule has 1 aliphatic heterocycles. The maximum atomic E-state index is 14.5. The summed E-state index contributed by atoms with van der Waals surface area (Å²) in [7, 11) is -4.76. The van der Waals surface area contributed by atoms with E-state index in [0.717, 1.165) is 98.0 Å². The van der Waals surface area contributed by atoms with E-state index in [-0.39, 0.29) is 0 Å². The number of phosphoric acid groups is 1. The van der Waals surface area contributed by atoms with Crippen molar-refractivity contribution in [1.82, 2.24) is 0 Å². The minimum atomic E-state index is -4.76. The van der Waals surface area contributed by atoms with Gasteiger partial charge in [-0.15, -0.1) is 0 Å². The lowest BCUT2D eigenvalue weighted by molar-refractivity contribution is 0.295. The summed E-state index contributed by atoms with van der Waals surface area (Å²) in [6, 6.07) is 58.1. The summed E-state index contributed by atoms with van der Waals surface area (Å²) in [5, 5.41) is 12.4. The largest absolute Gasteiger partial charge is 0.584 e. The Morgan fingerprint density at radius 2 is 0.717 bits per heavy atom. The molecule has 1 heterocycles. The third-order valence-corrected chi connectivity index (χ3v) is 11.6. The molecule has 0 aliphatic carbocycles. The van der Waals surface area contributed by atoms with E-state index in [1.54, 1.807) is 0 Å². The molecule has 4 nitrogen and oxygen atoms in total. The van der Waals surface area contributed by atoms with Crippen molar-refractivity contribution in [2.24, 2.45) is 0 Å². The molecule has 0 saturated heterocycles. The fourth-order valence-corrected chi connectivity index (χ4v) is 9.44. The van der Waals surface area contributed by atoms with Gasteiger partial charge in [-0.2, -0.15) is 0 Å². The summed E-state index contributed by atoms with van der Waals surface area (Å²) in [4.78, 5) is 11.8. The van der Waals surface area contributed by atoms with E-state index in [4.69, 9.17) is 9.05 Å². The predicted octanol–water partition coefficient (Wildman–Crippen LogP) is 13.5. The summed E-state index contributed by atoms with van der Waals surface area (Å²) in [5.74, 6) is 0.638. The smallest absolute Gasteiger partial charge is 0.394 e. The Bertz CT molecular complexity index is 3020. The first-order chi connectivity index (χ1) is 26.0. The molecule has 0 spiro atoms. The lowest BCUT2D eigenvalue weighted by Gasteiger charge is -2.20. The normalized spacial score (nSPS) is 13.5. The van der Waals surface area contributed by atoms with Crippen LogP contribution in [-0.4, -0.2) is 4.89 Å². The van der Waals surface area contributed by atoms with Gasteiger partial charge in [0.1, 0.15) is 11.5 Å². The van der Waals surface area contributed by atoms with Crippen molar-refractivity contribution in [3.8, 4) is 44.9 Å². The Balaban J connectivity index is 1.33. The zero-order chi connectivity index (χ0) is 35.3. The first-order valence-corrected chi connectivity index (χ1v) is 19.2. The minimum Gasteiger partial charge on any atom is -0.394 e. The fourth-order valence-electron chi connectivity index (χ4n) is 8.56. The summed E-state index contributed by atoms with van der Waals surface area (Å²) in [6.07, 6.45) is 0. The third-order valence-electron chi connectivity index (χ3n) is 10.8. The molecule has 10 aromatic carbocycles. The molecule has 1 aliphatic rings. The summed E-state index contributed by atoms with van der Waals surface area (Å²) in [5.41, 5.74) is 4.70. The van der Waals surface area contributed by atoms with Gasteiger partial charge < -0.3 is 9.05 Å². The molecule has 0 saturated carbocycles. The van der Waals surface area contributed by atoms with Gasteiger partial charge in [0, 0.05) is 22.3 Å². The highest BCUT2D eigenvalue weighted by Crippen LogP contribution is 2.62. The second-order valence-electron chi connectivity index (χ2n) is 13.7. The number of benzene rings is 10. The maximum absolute atomic E-state index is 14.5. The van der Waals surface area contributed by atoms with Crippen molar-refractivity contribution < 1.29 is 18.5 Å². The van der Waals surface area contributed by atoms with Gasteiger partial charge in [0.25, 0.3) is 0 Å². The Morgan fingerprint density at radius 3 is 1.17 bits per heavy atom. The summed E-state index contributed by atoms with van der Waals surface area (Å²) >= 11 is 0.